The average molecular weight is 220 g/mol. The van der Waals surface area contributed by atoms with E-state index in [1.54, 1.807) is 0 Å². The quantitative estimate of drug-likeness (QED) is 0.748. The van der Waals surface area contributed by atoms with E-state index in [0.29, 0.717) is 6.61 Å². The second-order valence-electron chi connectivity index (χ2n) is 3.98. The molecule has 0 saturated carbocycles. The molecule has 0 aliphatic heterocycles. The molecule has 1 N–H and O–H groups in total. The van der Waals surface area contributed by atoms with Gasteiger partial charge in [0, 0.05) is 18.7 Å². The van der Waals surface area contributed by atoms with E-state index in [-0.39, 0.29) is 0 Å². The highest BCUT2D eigenvalue weighted by Gasteiger charge is 2.04. The molecule has 0 bridgehead atoms. The number of rotatable bonds is 6. The molecule has 1 rings (SSSR count). The van der Waals surface area contributed by atoms with Gasteiger partial charge < -0.3 is 10.1 Å². The summed E-state index contributed by atoms with van der Waals surface area (Å²) in [4.78, 5) is 4.45. The van der Waals surface area contributed by atoms with Crippen LogP contribution in [0.1, 0.15) is 24.7 Å². The van der Waals surface area contributed by atoms with Crippen LogP contribution in [0.3, 0.4) is 0 Å². The Kier molecular flexibility index (Phi) is 4.99. The zero-order valence-electron chi connectivity index (χ0n) is 10.3. The van der Waals surface area contributed by atoms with Crippen LogP contribution in [-0.4, -0.2) is 18.6 Å². The van der Waals surface area contributed by atoms with Crippen molar-refractivity contribution in [2.45, 2.75) is 26.8 Å². The number of aryl methyl sites for hydroxylation is 1. The molecule has 0 fully saturated rings. The van der Waals surface area contributed by atoms with Crippen LogP contribution >= 0.6 is 0 Å². The van der Waals surface area contributed by atoms with Gasteiger partial charge in [0.1, 0.15) is 5.75 Å². The third kappa shape index (κ3) is 4.03. The maximum atomic E-state index is 5.69. The lowest BCUT2D eigenvalue weighted by molar-refractivity contribution is 0.315. The lowest BCUT2D eigenvalue weighted by Crippen LogP contribution is -2.10. The molecule has 0 radical (unpaired) electrons. The molecule has 0 saturated heterocycles. The van der Waals surface area contributed by atoms with Crippen LogP contribution in [0.2, 0.25) is 0 Å². The summed E-state index contributed by atoms with van der Waals surface area (Å²) in [5, 5.41) is 3.09. The molecule has 1 heterocycles. The zero-order valence-corrected chi connectivity index (χ0v) is 10.3. The van der Waals surface area contributed by atoms with Crippen molar-refractivity contribution in [2.24, 2.45) is 0 Å². The van der Waals surface area contributed by atoms with Crippen molar-refractivity contribution in [3.63, 3.8) is 0 Å². The second kappa shape index (κ2) is 6.28. The fraction of sp³-hybridized carbons (Fsp3) is 0.462. The molecule has 16 heavy (non-hydrogen) atoms. The monoisotopic (exact) mass is 220 g/mol. The predicted molar refractivity (Wildman–Crippen MR) is 66.7 cm³/mol. The van der Waals surface area contributed by atoms with Gasteiger partial charge in [0.15, 0.2) is 0 Å². The van der Waals surface area contributed by atoms with E-state index in [4.69, 9.17) is 4.74 Å². The number of nitrogens with zero attached hydrogens (tertiary/aromatic N) is 1. The highest BCUT2D eigenvalue weighted by Crippen LogP contribution is 2.17. The molecule has 0 aromatic carbocycles. The number of pyridine rings is 1. The first-order chi connectivity index (χ1) is 7.63. The fourth-order valence-electron chi connectivity index (χ4n) is 1.36. The Labute approximate surface area is 97.5 Å². The molecular weight excluding hydrogens is 200 g/mol. The SMILES string of the molecule is C=C(C)CCOc1ccc(C)nc1CNC. The summed E-state index contributed by atoms with van der Waals surface area (Å²) >= 11 is 0. The predicted octanol–water partition coefficient (Wildman–Crippen LogP) is 2.45. The van der Waals surface area contributed by atoms with E-state index in [2.05, 4.69) is 16.9 Å². The minimum absolute atomic E-state index is 0.663. The molecule has 0 unspecified atom stereocenters. The smallest absolute Gasteiger partial charge is 0.142 e. The summed E-state index contributed by atoms with van der Waals surface area (Å²) < 4.78 is 5.69. The lowest BCUT2D eigenvalue weighted by atomic mass is 10.2. The molecule has 0 spiro atoms. The van der Waals surface area contributed by atoms with Crippen molar-refractivity contribution in [1.29, 1.82) is 0 Å². The number of hydrogen-bond acceptors (Lipinski definition) is 3. The molecular formula is C13H20N2O. The van der Waals surface area contributed by atoms with E-state index in [0.717, 1.165) is 35.7 Å². The molecule has 88 valence electrons. The third-order valence-corrected chi connectivity index (χ3v) is 2.20. The van der Waals surface area contributed by atoms with Crippen LogP contribution in [0.15, 0.2) is 24.3 Å². The van der Waals surface area contributed by atoms with Gasteiger partial charge in [-0.15, -0.1) is 6.58 Å². The van der Waals surface area contributed by atoms with Crippen molar-refractivity contribution in [3.8, 4) is 5.75 Å². The van der Waals surface area contributed by atoms with Gasteiger partial charge in [0.25, 0.3) is 0 Å². The van der Waals surface area contributed by atoms with Gasteiger partial charge >= 0.3 is 0 Å². The lowest BCUT2D eigenvalue weighted by Gasteiger charge is -2.11. The minimum Gasteiger partial charge on any atom is -0.491 e. The van der Waals surface area contributed by atoms with Gasteiger partial charge in [-0.25, -0.2) is 0 Å². The zero-order chi connectivity index (χ0) is 12.0. The topological polar surface area (TPSA) is 34.1 Å². The molecule has 0 aliphatic rings. The fourth-order valence-corrected chi connectivity index (χ4v) is 1.36. The number of nitrogens with one attached hydrogen (secondary N) is 1. The molecule has 1 aromatic heterocycles. The van der Waals surface area contributed by atoms with Crippen LogP contribution in [-0.2, 0) is 6.54 Å². The van der Waals surface area contributed by atoms with Crippen LogP contribution in [0.4, 0.5) is 0 Å². The van der Waals surface area contributed by atoms with Gasteiger partial charge in [0.05, 0.1) is 12.3 Å². The first-order valence-corrected chi connectivity index (χ1v) is 5.51. The number of hydrogen-bond donors (Lipinski definition) is 1. The largest absolute Gasteiger partial charge is 0.491 e. The van der Waals surface area contributed by atoms with Gasteiger partial charge in [0.2, 0.25) is 0 Å². The number of ether oxygens (including phenoxy) is 1. The Morgan fingerprint density at radius 1 is 1.50 bits per heavy atom. The summed E-state index contributed by atoms with van der Waals surface area (Å²) in [7, 11) is 1.90. The van der Waals surface area contributed by atoms with Crippen molar-refractivity contribution >= 4 is 0 Å². The first kappa shape index (κ1) is 12.7. The summed E-state index contributed by atoms with van der Waals surface area (Å²) in [5.41, 5.74) is 3.11. The van der Waals surface area contributed by atoms with Gasteiger partial charge in [-0.05, 0) is 33.0 Å². The Morgan fingerprint density at radius 3 is 2.88 bits per heavy atom. The van der Waals surface area contributed by atoms with E-state index in [9.17, 15) is 0 Å². The van der Waals surface area contributed by atoms with Crippen molar-refractivity contribution in [1.82, 2.24) is 10.3 Å². The molecule has 3 nitrogen and oxygen atoms in total. The number of aromatic nitrogens is 1. The minimum atomic E-state index is 0.663. The maximum Gasteiger partial charge on any atom is 0.142 e. The van der Waals surface area contributed by atoms with Crippen molar-refractivity contribution in [3.05, 3.63) is 35.7 Å². The second-order valence-corrected chi connectivity index (χ2v) is 3.98. The standard InChI is InChI=1S/C13H20N2O/c1-10(2)7-8-16-13-6-5-11(3)15-12(13)9-14-4/h5-6,14H,1,7-9H2,2-4H3. The van der Waals surface area contributed by atoms with Gasteiger partial charge in [-0.3, -0.25) is 4.98 Å². The molecule has 0 amide bonds. The third-order valence-electron chi connectivity index (χ3n) is 2.20. The van der Waals surface area contributed by atoms with E-state index < -0.39 is 0 Å². The summed E-state index contributed by atoms with van der Waals surface area (Å²) in [5.74, 6) is 0.862. The summed E-state index contributed by atoms with van der Waals surface area (Å²) in [6.07, 6.45) is 0.882. The first-order valence-electron chi connectivity index (χ1n) is 5.51. The Balaban J connectivity index is 2.66. The van der Waals surface area contributed by atoms with Gasteiger partial charge in [-0.2, -0.15) is 0 Å². The Bertz CT molecular complexity index is 361. The van der Waals surface area contributed by atoms with E-state index >= 15 is 0 Å². The van der Waals surface area contributed by atoms with Crippen LogP contribution < -0.4 is 10.1 Å². The Hall–Kier alpha value is -1.35. The van der Waals surface area contributed by atoms with Crippen LogP contribution in [0.5, 0.6) is 5.75 Å². The van der Waals surface area contributed by atoms with Crippen LogP contribution in [0.25, 0.3) is 0 Å². The highest BCUT2D eigenvalue weighted by molar-refractivity contribution is 5.29. The van der Waals surface area contributed by atoms with Gasteiger partial charge in [-0.1, -0.05) is 5.57 Å². The summed E-state index contributed by atoms with van der Waals surface area (Å²) in [6.45, 7) is 9.23. The molecule has 3 heteroatoms. The molecule has 1 aromatic rings. The molecule has 0 atom stereocenters. The highest BCUT2D eigenvalue weighted by atomic mass is 16.5. The maximum absolute atomic E-state index is 5.69. The van der Waals surface area contributed by atoms with E-state index in [1.807, 2.05) is 33.0 Å². The van der Waals surface area contributed by atoms with Crippen molar-refractivity contribution in [2.75, 3.05) is 13.7 Å². The normalized spacial score (nSPS) is 10.2. The van der Waals surface area contributed by atoms with E-state index in [1.165, 1.54) is 0 Å². The Morgan fingerprint density at radius 2 is 2.25 bits per heavy atom. The van der Waals surface area contributed by atoms with Crippen LogP contribution in [0, 0.1) is 6.92 Å². The summed E-state index contributed by atoms with van der Waals surface area (Å²) in [6, 6.07) is 3.95. The van der Waals surface area contributed by atoms with Crippen molar-refractivity contribution < 1.29 is 4.74 Å². The average Bonchev–Trinajstić information content (AvgIpc) is 2.21. The molecule has 0 aliphatic carbocycles.